The van der Waals surface area contributed by atoms with Gasteiger partial charge in [0.15, 0.2) is 15.5 Å². The second-order valence-corrected chi connectivity index (χ2v) is 11.3. The van der Waals surface area contributed by atoms with E-state index in [1.54, 1.807) is 49.0 Å². The number of hydrogen-bond donors (Lipinski definition) is 1. The summed E-state index contributed by atoms with van der Waals surface area (Å²) in [5, 5.41) is 7.71. The van der Waals surface area contributed by atoms with Gasteiger partial charge < -0.3 is 14.8 Å². The molecule has 1 amide bonds. The Kier molecular flexibility index (Phi) is 6.70. The lowest BCUT2D eigenvalue weighted by Crippen LogP contribution is -2.17. The van der Waals surface area contributed by atoms with Crippen molar-refractivity contribution < 1.29 is 35.9 Å². The number of methoxy groups -OCH3 is 1. The van der Waals surface area contributed by atoms with Gasteiger partial charge in [-0.2, -0.15) is 5.10 Å². The van der Waals surface area contributed by atoms with Crippen molar-refractivity contribution >= 4 is 32.5 Å². The molecule has 3 heterocycles. The molecule has 204 valence electrons. The number of ether oxygens (including phenoxy) is 2. The smallest absolute Gasteiger partial charge is 0.497 e. The number of carbonyl (C=O) groups is 1. The number of sulfone groups is 1. The molecule has 1 aliphatic rings. The first kappa shape index (κ1) is 26.5. The number of benzene rings is 2. The van der Waals surface area contributed by atoms with Crippen LogP contribution >= 0.6 is 0 Å². The number of pyridine rings is 1. The minimum atomic E-state index is -4.83. The van der Waals surface area contributed by atoms with E-state index in [2.05, 4.69) is 15.2 Å². The molecule has 0 radical (unpaired) electrons. The van der Waals surface area contributed by atoms with Crippen LogP contribution in [0.3, 0.4) is 0 Å². The van der Waals surface area contributed by atoms with E-state index in [1.807, 2.05) is 0 Å². The van der Waals surface area contributed by atoms with Crippen LogP contribution in [0.2, 0.25) is 0 Å². The van der Waals surface area contributed by atoms with Gasteiger partial charge in [-0.05, 0) is 67.9 Å². The van der Waals surface area contributed by atoms with Crippen LogP contribution in [0.25, 0.3) is 22.3 Å². The van der Waals surface area contributed by atoms with Crippen LogP contribution in [0.4, 0.5) is 18.9 Å². The van der Waals surface area contributed by atoms with Crippen LogP contribution in [-0.4, -0.2) is 54.1 Å². The number of alkyl halides is 3. The van der Waals surface area contributed by atoms with E-state index < -0.39 is 33.9 Å². The van der Waals surface area contributed by atoms with Gasteiger partial charge in [0.25, 0.3) is 5.91 Å². The van der Waals surface area contributed by atoms with Crippen molar-refractivity contribution in [2.24, 2.45) is 0 Å². The van der Waals surface area contributed by atoms with Gasteiger partial charge in [0.05, 0.1) is 47.0 Å². The molecule has 1 atom stereocenters. The maximum Gasteiger partial charge on any atom is 0.573 e. The quantitative estimate of drug-likeness (QED) is 0.356. The third kappa shape index (κ3) is 5.67. The molecule has 13 heteroatoms. The minimum absolute atomic E-state index is 0.0393. The van der Waals surface area contributed by atoms with Gasteiger partial charge in [-0.25, -0.2) is 18.1 Å². The predicted molar refractivity (Wildman–Crippen MR) is 138 cm³/mol. The monoisotopic (exact) mass is 560 g/mol. The molecule has 2 aromatic carbocycles. The Balaban J connectivity index is 1.57. The number of aryl methyl sites for hydroxylation is 1. The van der Waals surface area contributed by atoms with Crippen LogP contribution < -0.4 is 14.8 Å². The molecule has 0 saturated carbocycles. The molecule has 1 fully saturated rings. The number of rotatable bonds is 6. The third-order valence-corrected chi connectivity index (χ3v) is 8.12. The predicted octanol–water partition coefficient (Wildman–Crippen LogP) is 4.93. The molecular formula is C26H23F3N4O5S. The Morgan fingerprint density at radius 3 is 2.33 bits per heavy atom. The first-order valence-electron chi connectivity index (χ1n) is 11.8. The number of amides is 1. The molecular weight excluding hydrogens is 537 g/mol. The van der Waals surface area contributed by atoms with E-state index in [0.29, 0.717) is 40.2 Å². The highest BCUT2D eigenvalue weighted by Gasteiger charge is 2.33. The Bertz CT molecular complexity index is 1650. The summed E-state index contributed by atoms with van der Waals surface area (Å²) in [6.45, 7) is 1.71. The third-order valence-electron chi connectivity index (χ3n) is 6.37. The largest absolute Gasteiger partial charge is 0.573 e. The van der Waals surface area contributed by atoms with E-state index in [0.717, 1.165) is 12.1 Å². The number of aromatic nitrogens is 3. The molecule has 0 aliphatic carbocycles. The average Bonchev–Trinajstić information content (AvgIpc) is 3.42. The van der Waals surface area contributed by atoms with Crippen LogP contribution in [0.15, 0.2) is 54.6 Å². The summed E-state index contributed by atoms with van der Waals surface area (Å²) in [5.74, 6) is -0.364. The van der Waals surface area contributed by atoms with Gasteiger partial charge in [0.2, 0.25) is 0 Å². The van der Waals surface area contributed by atoms with Crippen molar-refractivity contribution in [3.8, 4) is 22.8 Å². The summed E-state index contributed by atoms with van der Waals surface area (Å²) < 4.78 is 72.5. The molecule has 2 aromatic heterocycles. The summed E-state index contributed by atoms with van der Waals surface area (Å²) in [7, 11) is -1.68. The van der Waals surface area contributed by atoms with E-state index in [9.17, 15) is 26.4 Å². The van der Waals surface area contributed by atoms with Crippen molar-refractivity contribution in [3.05, 3.63) is 65.9 Å². The van der Waals surface area contributed by atoms with Gasteiger partial charge in [-0.1, -0.05) is 0 Å². The first-order valence-corrected chi connectivity index (χ1v) is 13.7. The minimum Gasteiger partial charge on any atom is -0.497 e. The SMILES string of the molecule is COc1ccc(-c2cc(C(=O)Nc3ccc(OC(F)(F)F)cc3)c3c(C)nn(C4CCS(=O)(=O)C4)c3n2)cc1. The zero-order chi connectivity index (χ0) is 27.9. The van der Waals surface area contributed by atoms with Crippen molar-refractivity contribution in [1.29, 1.82) is 0 Å². The molecule has 1 aliphatic heterocycles. The van der Waals surface area contributed by atoms with Gasteiger partial charge >= 0.3 is 6.36 Å². The average molecular weight is 561 g/mol. The number of carbonyl (C=O) groups excluding carboxylic acids is 1. The number of nitrogens with one attached hydrogen (secondary N) is 1. The lowest BCUT2D eigenvalue weighted by molar-refractivity contribution is -0.274. The lowest BCUT2D eigenvalue weighted by atomic mass is 10.0. The highest BCUT2D eigenvalue weighted by Crippen LogP contribution is 2.33. The summed E-state index contributed by atoms with van der Waals surface area (Å²) in [6, 6.07) is 13.0. The Hall–Kier alpha value is -4.13. The van der Waals surface area contributed by atoms with Gasteiger partial charge in [-0.15, -0.1) is 13.2 Å². The normalized spacial score (nSPS) is 16.8. The van der Waals surface area contributed by atoms with Crippen molar-refractivity contribution in [2.45, 2.75) is 25.7 Å². The molecule has 9 nitrogen and oxygen atoms in total. The van der Waals surface area contributed by atoms with Crippen LogP contribution in [0.5, 0.6) is 11.5 Å². The van der Waals surface area contributed by atoms with Crippen LogP contribution in [0.1, 0.15) is 28.5 Å². The van der Waals surface area contributed by atoms with E-state index in [-0.39, 0.29) is 22.8 Å². The molecule has 39 heavy (non-hydrogen) atoms. The van der Waals surface area contributed by atoms with Crippen LogP contribution in [-0.2, 0) is 9.84 Å². The highest BCUT2D eigenvalue weighted by atomic mass is 32.2. The zero-order valence-corrected chi connectivity index (χ0v) is 21.6. The summed E-state index contributed by atoms with van der Waals surface area (Å²) in [6.07, 6.45) is -4.46. The molecule has 1 saturated heterocycles. The zero-order valence-electron chi connectivity index (χ0n) is 20.8. The van der Waals surface area contributed by atoms with Gasteiger partial charge in [0, 0.05) is 11.3 Å². The standard InChI is InChI=1S/C26H23F3N4O5S/c1-15-23-21(25(34)30-17-5-9-20(10-6-17)38-26(27,28)29)13-22(16-3-7-19(37-2)8-4-16)31-24(23)33(32-15)18-11-12-39(35,36)14-18/h3-10,13,18H,11-12,14H2,1-2H3,(H,30,34). The highest BCUT2D eigenvalue weighted by molar-refractivity contribution is 7.91. The number of anilines is 1. The summed E-state index contributed by atoms with van der Waals surface area (Å²) in [5.41, 5.74) is 2.46. The lowest BCUT2D eigenvalue weighted by Gasteiger charge is -2.13. The topological polar surface area (TPSA) is 112 Å². The fraction of sp³-hybridized carbons (Fsp3) is 0.269. The summed E-state index contributed by atoms with van der Waals surface area (Å²) >= 11 is 0. The maximum absolute atomic E-state index is 13.5. The Labute approximate surface area is 221 Å². The molecule has 4 aromatic rings. The molecule has 5 rings (SSSR count). The molecule has 0 bridgehead atoms. The Morgan fingerprint density at radius 2 is 1.74 bits per heavy atom. The Morgan fingerprint density at radius 1 is 1.08 bits per heavy atom. The number of fused-ring (bicyclic) bond motifs is 1. The van der Waals surface area contributed by atoms with Crippen LogP contribution in [0, 0.1) is 6.92 Å². The molecule has 1 unspecified atom stereocenters. The fourth-order valence-corrected chi connectivity index (χ4v) is 6.25. The number of nitrogens with zero attached hydrogens (tertiary/aromatic N) is 3. The molecule has 0 spiro atoms. The second-order valence-electron chi connectivity index (χ2n) is 9.10. The summed E-state index contributed by atoms with van der Waals surface area (Å²) in [4.78, 5) is 18.3. The molecule has 1 N–H and O–H groups in total. The first-order chi connectivity index (χ1) is 18.4. The van der Waals surface area contributed by atoms with Crippen molar-refractivity contribution in [2.75, 3.05) is 23.9 Å². The van der Waals surface area contributed by atoms with Crippen molar-refractivity contribution in [1.82, 2.24) is 14.8 Å². The maximum atomic E-state index is 13.5. The fourth-order valence-electron chi connectivity index (χ4n) is 4.56. The number of hydrogen-bond acceptors (Lipinski definition) is 7. The van der Waals surface area contributed by atoms with E-state index in [1.165, 1.54) is 12.1 Å². The van der Waals surface area contributed by atoms with Gasteiger partial charge in [-0.3, -0.25) is 4.79 Å². The van der Waals surface area contributed by atoms with Gasteiger partial charge in [0.1, 0.15) is 11.5 Å². The van der Waals surface area contributed by atoms with E-state index >= 15 is 0 Å². The van der Waals surface area contributed by atoms with Crippen molar-refractivity contribution in [3.63, 3.8) is 0 Å². The van der Waals surface area contributed by atoms with E-state index in [4.69, 9.17) is 9.72 Å². The second kappa shape index (κ2) is 9.88. The number of halogens is 3.